The second kappa shape index (κ2) is 9.94. The molecule has 17 heavy (non-hydrogen) atoms. The summed E-state index contributed by atoms with van der Waals surface area (Å²) in [7, 11) is 0. The van der Waals surface area contributed by atoms with Gasteiger partial charge in [0.1, 0.15) is 0 Å². The van der Waals surface area contributed by atoms with E-state index < -0.39 is 0 Å². The average Bonchev–Trinajstić information content (AvgIpc) is 2.80. The highest BCUT2D eigenvalue weighted by Crippen LogP contribution is 2.29. The van der Waals surface area contributed by atoms with Crippen LogP contribution in [0.1, 0.15) is 90.4 Å². The minimum absolute atomic E-state index is 0.00579. The van der Waals surface area contributed by atoms with Crippen LogP contribution in [0.15, 0.2) is 0 Å². The van der Waals surface area contributed by atoms with E-state index in [9.17, 15) is 5.11 Å². The summed E-state index contributed by atoms with van der Waals surface area (Å²) in [6.45, 7) is 2.26. The van der Waals surface area contributed by atoms with Crippen LogP contribution in [0.25, 0.3) is 0 Å². The van der Waals surface area contributed by atoms with Crippen molar-refractivity contribution in [1.29, 1.82) is 0 Å². The molecule has 1 atom stereocenters. The van der Waals surface area contributed by atoms with Crippen molar-refractivity contribution in [3.05, 3.63) is 0 Å². The van der Waals surface area contributed by atoms with Crippen LogP contribution in [-0.4, -0.2) is 11.2 Å². The van der Waals surface area contributed by atoms with E-state index in [1.54, 1.807) is 0 Å². The molecule has 1 saturated carbocycles. The van der Waals surface area contributed by atoms with Crippen LogP contribution < -0.4 is 0 Å². The van der Waals surface area contributed by atoms with Crippen molar-refractivity contribution in [3.8, 4) is 0 Å². The van der Waals surface area contributed by atoms with Gasteiger partial charge in [0.15, 0.2) is 0 Å². The van der Waals surface area contributed by atoms with Crippen molar-refractivity contribution in [3.63, 3.8) is 0 Å². The highest BCUT2D eigenvalue weighted by atomic mass is 16.3. The average molecular weight is 240 g/mol. The van der Waals surface area contributed by atoms with Crippen LogP contribution >= 0.6 is 0 Å². The fraction of sp³-hybridized carbons (Fsp3) is 1.00. The topological polar surface area (TPSA) is 20.2 Å². The summed E-state index contributed by atoms with van der Waals surface area (Å²) < 4.78 is 0. The largest absolute Gasteiger partial charge is 0.393 e. The van der Waals surface area contributed by atoms with Crippen LogP contribution in [0.4, 0.5) is 0 Å². The molecule has 1 aliphatic rings. The Kier molecular flexibility index (Phi) is 8.78. The number of aliphatic hydroxyl groups is 1. The maximum absolute atomic E-state index is 9.95. The smallest absolute Gasteiger partial charge is 0.0542 e. The molecule has 0 heterocycles. The van der Waals surface area contributed by atoms with E-state index >= 15 is 0 Å². The third-order valence-corrected chi connectivity index (χ3v) is 4.22. The molecule has 102 valence electrons. The van der Waals surface area contributed by atoms with Crippen molar-refractivity contribution in [1.82, 2.24) is 0 Å². The molecule has 0 bridgehead atoms. The molecular formula is C16H32O. The zero-order chi connectivity index (χ0) is 12.3. The first-order chi connectivity index (χ1) is 8.33. The number of hydrogen-bond donors (Lipinski definition) is 1. The number of hydrogen-bond acceptors (Lipinski definition) is 1. The molecule has 1 aliphatic carbocycles. The summed E-state index contributed by atoms with van der Waals surface area (Å²) in [5.74, 6) is 0.842. The summed E-state index contributed by atoms with van der Waals surface area (Å²) in [6, 6.07) is 0. The molecule has 1 fully saturated rings. The van der Waals surface area contributed by atoms with E-state index in [1.807, 2.05) is 0 Å². The quantitative estimate of drug-likeness (QED) is 0.529. The molecule has 0 aromatic heterocycles. The fourth-order valence-electron chi connectivity index (χ4n) is 3.09. The van der Waals surface area contributed by atoms with Crippen molar-refractivity contribution in [2.75, 3.05) is 0 Å². The molecular weight excluding hydrogens is 208 g/mol. The first-order valence-corrected chi connectivity index (χ1v) is 8.01. The molecule has 1 N–H and O–H groups in total. The van der Waals surface area contributed by atoms with Crippen LogP contribution in [0.3, 0.4) is 0 Å². The molecule has 1 heteroatoms. The predicted octanol–water partition coefficient (Wildman–Crippen LogP) is 5.07. The summed E-state index contributed by atoms with van der Waals surface area (Å²) in [5, 5.41) is 9.95. The third-order valence-electron chi connectivity index (χ3n) is 4.22. The zero-order valence-electron chi connectivity index (χ0n) is 11.8. The van der Waals surface area contributed by atoms with E-state index in [2.05, 4.69) is 6.92 Å². The number of aliphatic hydroxyl groups excluding tert-OH is 1. The maximum Gasteiger partial charge on any atom is 0.0542 e. The third kappa shape index (κ3) is 7.81. The van der Waals surface area contributed by atoms with Gasteiger partial charge in [-0.1, -0.05) is 77.6 Å². The van der Waals surface area contributed by atoms with E-state index in [-0.39, 0.29) is 6.10 Å². The second-order valence-electron chi connectivity index (χ2n) is 5.95. The Hall–Kier alpha value is -0.0400. The lowest BCUT2D eigenvalue weighted by atomic mass is 9.96. The fourth-order valence-corrected chi connectivity index (χ4v) is 3.09. The Morgan fingerprint density at radius 2 is 1.53 bits per heavy atom. The van der Waals surface area contributed by atoms with Crippen molar-refractivity contribution in [2.45, 2.75) is 96.5 Å². The minimum atomic E-state index is -0.00579. The van der Waals surface area contributed by atoms with Gasteiger partial charge in [-0.2, -0.15) is 0 Å². The molecule has 0 radical (unpaired) electrons. The minimum Gasteiger partial charge on any atom is -0.393 e. The van der Waals surface area contributed by atoms with Crippen LogP contribution in [0.2, 0.25) is 0 Å². The molecule has 0 aliphatic heterocycles. The molecule has 0 saturated heterocycles. The van der Waals surface area contributed by atoms with Gasteiger partial charge >= 0.3 is 0 Å². The summed E-state index contributed by atoms with van der Waals surface area (Å²) in [6.07, 6.45) is 17.1. The molecule has 0 aromatic carbocycles. The van der Waals surface area contributed by atoms with E-state index in [0.717, 1.165) is 18.8 Å². The Morgan fingerprint density at radius 3 is 2.18 bits per heavy atom. The van der Waals surface area contributed by atoms with Gasteiger partial charge in [-0.25, -0.2) is 0 Å². The van der Waals surface area contributed by atoms with Gasteiger partial charge in [-0.15, -0.1) is 0 Å². The summed E-state index contributed by atoms with van der Waals surface area (Å²) >= 11 is 0. The van der Waals surface area contributed by atoms with Crippen molar-refractivity contribution < 1.29 is 5.11 Å². The Labute approximate surface area is 108 Å². The van der Waals surface area contributed by atoms with E-state index in [1.165, 1.54) is 70.6 Å². The second-order valence-corrected chi connectivity index (χ2v) is 5.95. The predicted molar refractivity (Wildman–Crippen MR) is 75.2 cm³/mol. The Bertz CT molecular complexity index is 161. The van der Waals surface area contributed by atoms with Crippen molar-refractivity contribution in [2.24, 2.45) is 5.92 Å². The highest BCUT2D eigenvalue weighted by Gasteiger charge is 2.18. The van der Waals surface area contributed by atoms with E-state index in [0.29, 0.717) is 0 Å². The van der Waals surface area contributed by atoms with Gasteiger partial charge < -0.3 is 5.11 Å². The molecule has 0 aromatic rings. The summed E-state index contributed by atoms with van der Waals surface area (Å²) in [5.41, 5.74) is 0. The van der Waals surface area contributed by atoms with Gasteiger partial charge in [0, 0.05) is 0 Å². The SMILES string of the molecule is CCCCCCCCCC(O)CC1CCCC1. The van der Waals surface area contributed by atoms with Crippen LogP contribution in [0.5, 0.6) is 0 Å². The van der Waals surface area contributed by atoms with Crippen molar-refractivity contribution >= 4 is 0 Å². The first kappa shape index (κ1) is 15.0. The van der Waals surface area contributed by atoms with Gasteiger partial charge in [0.25, 0.3) is 0 Å². The molecule has 0 amide bonds. The van der Waals surface area contributed by atoms with Gasteiger partial charge in [-0.05, 0) is 18.8 Å². The Morgan fingerprint density at radius 1 is 0.941 bits per heavy atom. The standard InChI is InChI=1S/C16H32O/c1-2-3-4-5-6-7-8-13-16(17)14-15-11-9-10-12-15/h15-17H,2-14H2,1H3. The lowest BCUT2D eigenvalue weighted by molar-refractivity contribution is 0.130. The zero-order valence-corrected chi connectivity index (χ0v) is 11.8. The first-order valence-electron chi connectivity index (χ1n) is 8.01. The normalized spacial score (nSPS) is 18.7. The summed E-state index contributed by atoms with van der Waals surface area (Å²) in [4.78, 5) is 0. The highest BCUT2D eigenvalue weighted by molar-refractivity contribution is 4.71. The van der Waals surface area contributed by atoms with Gasteiger partial charge in [0.05, 0.1) is 6.10 Å². The number of unbranched alkanes of at least 4 members (excludes halogenated alkanes) is 6. The molecule has 1 unspecified atom stereocenters. The lowest BCUT2D eigenvalue weighted by Crippen LogP contribution is -2.11. The van der Waals surface area contributed by atoms with Gasteiger partial charge in [0.2, 0.25) is 0 Å². The molecule has 1 rings (SSSR count). The maximum atomic E-state index is 9.95. The lowest BCUT2D eigenvalue weighted by Gasteiger charge is -2.15. The molecule has 0 spiro atoms. The van der Waals surface area contributed by atoms with Crippen LogP contribution in [-0.2, 0) is 0 Å². The number of rotatable bonds is 10. The Balaban J connectivity index is 1.84. The monoisotopic (exact) mass is 240 g/mol. The van der Waals surface area contributed by atoms with E-state index in [4.69, 9.17) is 0 Å². The molecule has 1 nitrogen and oxygen atoms in total. The van der Waals surface area contributed by atoms with Crippen LogP contribution in [0, 0.1) is 5.92 Å². The van der Waals surface area contributed by atoms with Gasteiger partial charge in [-0.3, -0.25) is 0 Å².